The van der Waals surface area contributed by atoms with Crippen LogP contribution in [0.4, 0.5) is 0 Å². The van der Waals surface area contributed by atoms with Crippen LogP contribution in [-0.2, 0) is 19.4 Å². The minimum atomic E-state index is 0.670. The first-order chi connectivity index (χ1) is 6.83. The Hall–Kier alpha value is -0.820. The van der Waals surface area contributed by atoms with E-state index >= 15 is 0 Å². The zero-order valence-corrected chi connectivity index (χ0v) is 9.34. The highest BCUT2D eigenvalue weighted by Gasteiger charge is 2.04. The van der Waals surface area contributed by atoms with Crippen molar-refractivity contribution in [2.24, 2.45) is 5.73 Å². The van der Waals surface area contributed by atoms with Crippen molar-refractivity contribution in [2.75, 3.05) is 0 Å². The predicted octanol–water partition coefficient (Wildman–Crippen LogP) is 3.05. The van der Waals surface area contributed by atoms with Gasteiger partial charge in [-0.05, 0) is 36.0 Å². The normalized spacial score (nSPS) is 10.5. The number of hydrogen-bond donors (Lipinski definition) is 1. The monoisotopic (exact) mass is 191 g/mol. The van der Waals surface area contributed by atoms with Crippen LogP contribution in [0.25, 0.3) is 0 Å². The SMILES string of the molecule is CCCCc1cccc(CN)c1CC. The Morgan fingerprint density at radius 2 is 1.86 bits per heavy atom. The van der Waals surface area contributed by atoms with Gasteiger partial charge in [-0.25, -0.2) is 0 Å². The van der Waals surface area contributed by atoms with E-state index in [1.165, 1.54) is 36.0 Å². The first kappa shape index (κ1) is 11.3. The number of rotatable bonds is 5. The van der Waals surface area contributed by atoms with Gasteiger partial charge in [0.2, 0.25) is 0 Å². The molecule has 78 valence electrons. The van der Waals surface area contributed by atoms with Crippen LogP contribution in [0.3, 0.4) is 0 Å². The second kappa shape index (κ2) is 5.82. The number of hydrogen-bond acceptors (Lipinski definition) is 1. The van der Waals surface area contributed by atoms with Crippen LogP contribution in [0.1, 0.15) is 43.4 Å². The highest BCUT2D eigenvalue weighted by Crippen LogP contribution is 2.17. The molecule has 0 radical (unpaired) electrons. The third-order valence-electron chi connectivity index (χ3n) is 2.74. The zero-order valence-electron chi connectivity index (χ0n) is 9.34. The molecule has 0 fully saturated rings. The summed E-state index contributed by atoms with van der Waals surface area (Å²) in [5, 5.41) is 0. The minimum absolute atomic E-state index is 0.670. The molecule has 1 rings (SSSR count). The van der Waals surface area contributed by atoms with E-state index in [0.717, 1.165) is 6.42 Å². The van der Waals surface area contributed by atoms with Crippen molar-refractivity contribution in [3.63, 3.8) is 0 Å². The van der Waals surface area contributed by atoms with Gasteiger partial charge >= 0.3 is 0 Å². The Labute approximate surface area is 87.3 Å². The van der Waals surface area contributed by atoms with Gasteiger partial charge in [-0.1, -0.05) is 38.5 Å². The van der Waals surface area contributed by atoms with E-state index in [9.17, 15) is 0 Å². The van der Waals surface area contributed by atoms with Gasteiger partial charge in [0.1, 0.15) is 0 Å². The van der Waals surface area contributed by atoms with Crippen LogP contribution in [0, 0.1) is 0 Å². The summed E-state index contributed by atoms with van der Waals surface area (Å²) < 4.78 is 0. The van der Waals surface area contributed by atoms with Crippen LogP contribution < -0.4 is 5.73 Å². The van der Waals surface area contributed by atoms with Crippen molar-refractivity contribution >= 4 is 0 Å². The van der Waals surface area contributed by atoms with Gasteiger partial charge in [0.15, 0.2) is 0 Å². The molecule has 1 aromatic rings. The standard InChI is InChI=1S/C13H21N/c1-3-5-7-11-8-6-9-12(10-14)13(11)4-2/h6,8-9H,3-5,7,10,14H2,1-2H3. The van der Waals surface area contributed by atoms with Crippen LogP contribution in [0.5, 0.6) is 0 Å². The zero-order chi connectivity index (χ0) is 10.4. The van der Waals surface area contributed by atoms with E-state index < -0.39 is 0 Å². The Balaban J connectivity index is 2.90. The van der Waals surface area contributed by atoms with Gasteiger partial charge in [0.25, 0.3) is 0 Å². The average molecular weight is 191 g/mol. The molecule has 0 spiro atoms. The van der Waals surface area contributed by atoms with Crippen LogP contribution in [-0.4, -0.2) is 0 Å². The molecule has 0 aliphatic heterocycles. The van der Waals surface area contributed by atoms with Crippen LogP contribution >= 0.6 is 0 Å². The fourth-order valence-corrected chi connectivity index (χ4v) is 1.93. The fraction of sp³-hybridized carbons (Fsp3) is 0.538. The molecule has 0 unspecified atom stereocenters. The topological polar surface area (TPSA) is 26.0 Å². The fourth-order valence-electron chi connectivity index (χ4n) is 1.93. The van der Waals surface area contributed by atoms with E-state index in [-0.39, 0.29) is 0 Å². The summed E-state index contributed by atoms with van der Waals surface area (Å²) in [5.41, 5.74) is 10.0. The smallest absolute Gasteiger partial charge is 0.0180 e. The number of aryl methyl sites for hydroxylation is 1. The summed E-state index contributed by atoms with van der Waals surface area (Å²) in [5.74, 6) is 0. The largest absolute Gasteiger partial charge is 0.326 e. The van der Waals surface area contributed by atoms with E-state index in [1.807, 2.05) is 0 Å². The molecular formula is C13H21N. The molecule has 2 N–H and O–H groups in total. The molecule has 0 aliphatic carbocycles. The lowest BCUT2D eigenvalue weighted by atomic mass is 9.95. The third-order valence-corrected chi connectivity index (χ3v) is 2.74. The lowest BCUT2D eigenvalue weighted by Crippen LogP contribution is -2.04. The van der Waals surface area contributed by atoms with E-state index in [1.54, 1.807) is 0 Å². The molecule has 1 nitrogen and oxygen atoms in total. The quantitative estimate of drug-likeness (QED) is 0.760. The summed E-state index contributed by atoms with van der Waals surface area (Å²) in [6.45, 7) is 5.12. The molecule has 0 aliphatic rings. The van der Waals surface area contributed by atoms with Gasteiger partial charge in [-0.15, -0.1) is 0 Å². The van der Waals surface area contributed by atoms with Crippen molar-refractivity contribution in [1.29, 1.82) is 0 Å². The van der Waals surface area contributed by atoms with Gasteiger partial charge in [0.05, 0.1) is 0 Å². The molecule has 14 heavy (non-hydrogen) atoms. The summed E-state index contributed by atoms with van der Waals surface area (Å²) in [6, 6.07) is 6.52. The van der Waals surface area contributed by atoms with Crippen molar-refractivity contribution in [2.45, 2.75) is 46.1 Å². The van der Waals surface area contributed by atoms with Gasteiger partial charge < -0.3 is 5.73 Å². The summed E-state index contributed by atoms with van der Waals surface area (Å²) in [4.78, 5) is 0. The molecule has 0 aromatic heterocycles. The molecule has 0 saturated heterocycles. The van der Waals surface area contributed by atoms with Crippen LogP contribution in [0.15, 0.2) is 18.2 Å². The van der Waals surface area contributed by atoms with Crippen molar-refractivity contribution in [1.82, 2.24) is 0 Å². The number of nitrogens with two attached hydrogens (primary N) is 1. The highest BCUT2D eigenvalue weighted by molar-refractivity contribution is 5.35. The van der Waals surface area contributed by atoms with Crippen molar-refractivity contribution < 1.29 is 0 Å². The maximum absolute atomic E-state index is 5.72. The predicted molar refractivity (Wildman–Crippen MR) is 62.3 cm³/mol. The Bertz CT molecular complexity index is 279. The third kappa shape index (κ3) is 2.58. The molecular weight excluding hydrogens is 170 g/mol. The average Bonchev–Trinajstić information content (AvgIpc) is 2.25. The van der Waals surface area contributed by atoms with Gasteiger partial charge in [0, 0.05) is 6.54 Å². The molecule has 0 heterocycles. The van der Waals surface area contributed by atoms with E-state index in [2.05, 4.69) is 32.0 Å². The van der Waals surface area contributed by atoms with Crippen LogP contribution in [0.2, 0.25) is 0 Å². The number of benzene rings is 1. The second-order valence-electron chi connectivity index (χ2n) is 3.72. The molecule has 1 heteroatoms. The van der Waals surface area contributed by atoms with Crippen molar-refractivity contribution in [3.8, 4) is 0 Å². The number of unbranched alkanes of at least 4 members (excludes halogenated alkanes) is 1. The van der Waals surface area contributed by atoms with Gasteiger partial charge in [-0.3, -0.25) is 0 Å². The maximum atomic E-state index is 5.72. The molecule has 0 saturated carbocycles. The van der Waals surface area contributed by atoms with Crippen molar-refractivity contribution in [3.05, 3.63) is 34.9 Å². The van der Waals surface area contributed by atoms with E-state index in [4.69, 9.17) is 5.73 Å². The summed E-state index contributed by atoms with van der Waals surface area (Å²) >= 11 is 0. The first-order valence-corrected chi connectivity index (χ1v) is 5.63. The highest BCUT2D eigenvalue weighted by atomic mass is 14.5. The Morgan fingerprint density at radius 3 is 2.43 bits per heavy atom. The molecule has 0 amide bonds. The Morgan fingerprint density at radius 1 is 1.14 bits per heavy atom. The lowest BCUT2D eigenvalue weighted by molar-refractivity contribution is 0.783. The summed E-state index contributed by atoms with van der Waals surface area (Å²) in [6.07, 6.45) is 4.84. The molecule has 1 aromatic carbocycles. The lowest BCUT2D eigenvalue weighted by Gasteiger charge is -2.11. The minimum Gasteiger partial charge on any atom is -0.326 e. The maximum Gasteiger partial charge on any atom is 0.0180 e. The first-order valence-electron chi connectivity index (χ1n) is 5.63. The molecule has 0 atom stereocenters. The van der Waals surface area contributed by atoms with Gasteiger partial charge in [-0.2, -0.15) is 0 Å². The summed E-state index contributed by atoms with van der Waals surface area (Å²) in [7, 11) is 0. The molecule has 0 bridgehead atoms. The second-order valence-corrected chi connectivity index (χ2v) is 3.72. The van der Waals surface area contributed by atoms with E-state index in [0.29, 0.717) is 6.54 Å². The Kier molecular flexibility index (Phi) is 4.68.